The van der Waals surface area contributed by atoms with Gasteiger partial charge in [-0.1, -0.05) is 0 Å². The summed E-state index contributed by atoms with van der Waals surface area (Å²) in [4.78, 5) is 0.326. The zero-order chi connectivity index (χ0) is 9.14. The first-order valence-corrected chi connectivity index (χ1v) is 3.84. The molecular weight excluding hydrogens is 180 g/mol. The van der Waals surface area contributed by atoms with Gasteiger partial charge in [0.2, 0.25) is 4.99 Å². The van der Waals surface area contributed by atoms with Gasteiger partial charge in [0.25, 0.3) is 0 Å². The van der Waals surface area contributed by atoms with Crippen LogP contribution in [0.3, 0.4) is 0 Å². The predicted octanol–water partition coefficient (Wildman–Crippen LogP) is 0.834. The van der Waals surface area contributed by atoms with Crippen LogP contribution in [0.25, 0.3) is 0 Å². The van der Waals surface area contributed by atoms with Gasteiger partial charge >= 0.3 is 0 Å². The van der Waals surface area contributed by atoms with Gasteiger partial charge in [0, 0.05) is 0 Å². The third-order valence-electron chi connectivity index (χ3n) is 1.46. The first kappa shape index (κ1) is 9.22. The molecular formula is C8H8F2NS+. The lowest BCUT2D eigenvalue weighted by Crippen LogP contribution is -2.83. The van der Waals surface area contributed by atoms with Crippen LogP contribution in [-0.2, 0) is 0 Å². The van der Waals surface area contributed by atoms with Gasteiger partial charge in [-0.3, -0.25) is 0 Å². The minimum Gasteiger partial charge on any atom is -0.306 e. The fraction of sp³-hybridized carbons (Fsp3) is 0.125. The summed E-state index contributed by atoms with van der Waals surface area (Å²) < 4.78 is 25.5. The van der Waals surface area contributed by atoms with Gasteiger partial charge in [-0.05, 0) is 30.4 Å². The Morgan fingerprint density at radius 3 is 2.67 bits per heavy atom. The summed E-state index contributed by atoms with van der Waals surface area (Å²) in [7, 11) is 1.69. The van der Waals surface area contributed by atoms with Crippen LogP contribution in [0.2, 0.25) is 0 Å². The molecule has 4 heteroatoms. The third-order valence-corrected chi connectivity index (χ3v) is 1.91. The van der Waals surface area contributed by atoms with Gasteiger partial charge in [0.15, 0.2) is 0 Å². The number of quaternary nitrogens is 1. The Balaban J connectivity index is 3.13. The fourth-order valence-corrected chi connectivity index (χ4v) is 0.998. The van der Waals surface area contributed by atoms with Crippen molar-refractivity contribution in [2.75, 3.05) is 7.05 Å². The molecule has 0 aliphatic rings. The number of hydrogen-bond acceptors (Lipinski definition) is 1. The monoisotopic (exact) mass is 188 g/mol. The molecule has 0 aliphatic heterocycles. The zero-order valence-electron chi connectivity index (χ0n) is 6.47. The lowest BCUT2D eigenvalue weighted by Gasteiger charge is -1.99. The molecule has 1 nitrogen and oxygen atoms in total. The molecule has 2 N–H and O–H groups in total. The second kappa shape index (κ2) is 3.69. The van der Waals surface area contributed by atoms with Crippen LogP contribution < -0.4 is 5.32 Å². The lowest BCUT2D eigenvalue weighted by molar-refractivity contribution is -0.501. The maximum atomic E-state index is 12.9. The Morgan fingerprint density at radius 1 is 1.42 bits per heavy atom. The Morgan fingerprint density at radius 2 is 2.08 bits per heavy atom. The second-order valence-corrected chi connectivity index (χ2v) is 2.72. The normalized spacial score (nSPS) is 9.92. The standard InChI is InChI=1S/C8H7F2NS/c1-11-8(12)6-4-5(9)2-3-7(6)10/h2-4H,1H3,(H,11,12)/p+1. The van der Waals surface area contributed by atoms with E-state index in [1.54, 1.807) is 12.4 Å². The number of hydrogen-bond donors (Lipinski definition) is 1. The molecule has 1 aromatic rings. The zero-order valence-corrected chi connectivity index (χ0v) is 7.29. The average molecular weight is 188 g/mol. The van der Waals surface area contributed by atoms with Gasteiger partial charge in [-0.25, -0.2) is 8.78 Å². The molecule has 0 aromatic heterocycles. The molecule has 12 heavy (non-hydrogen) atoms. The van der Waals surface area contributed by atoms with E-state index in [9.17, 15) is 8.78 Å². The topological polar surface area (TPSA) is 16.6 Å². The van der Waals surface area contributed by atoms with Crippen molar-refractivity contribution in [1.82, 2.24) is 0 Å². The summed E-state index contributed by atoms with van der Waals surface area (Å²) in [5, 5.41) is 1.56. The van der Waals surface area contributed by atoms with E-state index in [0.717, 1.165) is 18.2 Å². The van der Waals surface area contributed by atoms with Gasteiger partial charge in [-0.15, -0.1) is 0 Å². The maximum Gasteiger partial charge on any atom is 0.205 e. The van der Waals surface area contributed by atoms with Crippen molar-refractivity contribution >= 4 is 17.2 Å². The van der Waals surface area contributed by atoms with E-state index in [1.165, 1.54) is 0 Å². The van der Waals surface area contributed by atoms with E-state index < -0.39 is 11.6 Å². The Labute approximate surface area is 74.4 Å². The number of rotatable bonds is 1. The predicted molar refractivity (Wildman–Crippen MR) is 45.9 cm³/mol. The van der Waals surface area contributed by atoms with Crippen molar-refractivity contribution in [3.8, 4) is 0 Å². The van der Waals surface area contributed by atoms with E-state index >= 15 is 0 Å². The molecule has 0 saturated heterocycles. The first-order chi connectivity index (χ1) is 5.65. The van der Waals surface area contributed by atoms with E-state index in [1.807, 2.05) is 0 Å². The van der Waals surface area contributed by atoms with Crippen molar-refractivity contribution in [1.29, 1.82) is 0 Å². The molecule has 0 fully saturated rings. The molecule has 0 radical (unpaired) electrons. The smallest absolute Gasteiger partial charge is 0.205 e. The van der Waals surface area contributed by atoms with Crippen LogP contribution in [-0.4, -0.2) is 12.0 Å². The molecule has 1 aromatic carbocycles. The Hall–Kier alpha value is -0.870. The van der Waals surface area contributed by atoms with Gasteiger partial charge in [-0.2, -0.15) is 0 Å². The lowest BCUT2D eigenvalue weighted by atomic mass is 10.2. The minimum absolute atomic E-state index is 0.146. The fourth-order valence-electron chi connectivity index (χ4n) is 0.842. The van der Waals surface area contributed by atoms with E-state index in [2.05, 4.69) is 0 Å². The molecule has 0 bridgehead atoms. The summed E-state index contributed by atoms with van der Waals surface area (Å²) in [5.74, 6) is -0.963. The molecule has 0 unspecified atom stereocenters. The maximum absolute atomic E-state index is 12.9. The van der Waals surface area contributed by atoms with E-state index in [-0.39, 0.29) is 5.56 Å². The van der Waals surface area contributed by atoms with Crippen molar-refractivity contribution in [3.05, 3.63) is 35.4 Å². The Bertz CT molecular complexity index is 312. The van der Waals surface area contributed by atoms with E-state index in [0.29, 0.717) is 4.99 Å². The van der Waals surface area contributed by atoms with Gasteiger partial charge in [0.05, 0.1) is 12.6 Å². The molecule has 64 valence electrons. The highest BCUT2D eigenvalue weighted by atomic mass is 32.1. The summed E-state index contributed by atoms with van der Waals surface area (Å²) in [6, 6.07) is 3.23. The molecule has 1 rings (SSSR count). The largest absolute Gasteiger partial charge is 0.306 e. The second-order valence-electron chi connectivity index (χ2n) is 2.28. The molecule has 0 amide bonds. The van der Waals surface area contributed by atoms with Crippen LogP contribution in [0.1, 0.15) is 5.56 Å². The summed E-state index contributed by atoms with van der Waals surface area (Å²) >= 11 is 4.81. The molecule has 0 atom stereocenters. The number of thiocarbonyl (C=S) groups is 1. The summed E-state index contributed by atoms with van der Waals surface area (Å²) in [6.07, 6.45) is 0. The summed E-state index contributed by atoms with van der Waals surface area (Å²) in [6.45, 7) is 0. The Kier molecular flexibility index (Phi) is 2.83. The third kappa shape index (κ3) is 1.84. The summed E-state index contributed by atoms with van der Waals surface area (Å²) in [5.41, 5.74) is 0.146. The molecule has 0 aliphatic carbocycles. The molecule has 0 saturated carbocycles. The quantitative estimate of drug-likeness (QED) is 0.646. The number of halogens is 2. The highest BCUT2D eigenvalue weighted by Gasteiger charge is 2.10. The van der Waals surface area contributed by atoms with Crippen molar-refractivity contribution in [2.24, 2.45) is 0 Å². The van der Waals surface area contributed by atoms with Crippen LogP contribution in [0.4, 0.5) is 8.78 Å². The number of nitrogens with two attached hydrogens (primary N) is 1. The van der Waals surface area contributed by atoms with Crippen LogP contribution in [0.5, 0.6) is 0 Å². The van der Waals surface area contributed by atoms with Crippen LogP contribution >= 0.6 is 12.2 Å². The first-order valence-electron chi connectivity index (χ1n) is 3.44. The van der Waals surface area contributed by atoms with Crippen molar-refractivity contribution in [3.63, 3.8) is 0 Å². The van der Waals surface area contributed by atoms with Crippen LogP contribution in [0, 0.1) is 11.6 Å². The highest BCUT2D eigenvalue weighted by molar-refractivity contribution is 7.80. The van der Waals surface area contributed by atoms with Gasteiger partial charge in [0.1, 0.15) is 11.6 Å². The van der Waals surface area contributed by atoms with Gasteiger partial charge < -0.3 is 5.32 Å². The SMILES string of the molecule is C[NH2+]C(=S)c1cc(F)ccc1F. The molecule has 0 spiro atoms. The number of benzene rings is 1. The average Bonchev–Trinajstić information content (AvgIpc) is 2.08. The molecule has 0 heterocycles. The van der Waals surface area contributed by atoms with E-state index in [4.69, 9.17) is 12.2 Å². The van der Waals surface area contributed by atoms with Crippen molar-refractivity contribution in [2.45, 2.75) is 0 Å². The van der Waals surface area contributed by atoms with Crippen LogP contribution in [0.15, 0.2) is 18.2 Å². The minimum atomic E-state index is -0.487. The highest BCUT2D eigenvalue weighted by Crippen LogP contribution is 2.08. The van der Waals surface area contributed by atoms with Crippen molar-refractivity contribution < 1.29 is 14.1 Å².